The van der Waals surface area contributed by atoms with E-state index in [9.17, 15) is 12.8 Å². The van der Waals surface area contributed by atoms with Crippen LogP contribution in [-0.4, -0.2) is 18.4 Å². The summed E-state index contributed by atoms with van der Waals surface area (Å²) in [7, 11) is -3.89. The minimum absolute atomic E-state index is 0.0509. The Balaban J connectivity index is 1.72. The Kier molecular flexibility index (Phi) is 5.39. The molecule has 31 heavy (non-hydrogen) atoms. The van der Waals surface area contributed by atoms with Gasteiger partial charge in [0, 0.05) is 16.8 Å². The monoisotopic (exact) mass is 434 g/mol. The number of nitrogens with zero attached hydrogens (tertiary/aromatic N) is 2. The van der Waals surface area contributed by atoms with Gasteiger partial charge in [-0.25, -0.2) is 17.8 Å². The van der Waals surface area contributed by atoms with Crippen molar-refractivity contribution in [1.82, 2.24) is 9.97 Å². The molecule has 0 fully saturated rings. The van der Waals surface area contributed by atoms with E-state index in [0.29, 0.717) is 22.5 Å². The van der Waals surface area contributed by atoms with Gasteiger partial charge < -0.3 is 5.73 Å². The second-order valence-corrected chi connectivity index (χ2v) is 8.64. The number of nitrogen functional groups attached to an aromatic ring is 1. The summed E-state index contributed by atoms with van der Waals surface area (Å²) in [4.78, 5) is 8.07. The van der Waals surface area contributed by atoms with Crippen LogP contribution in [0.2, 0.25) is 0 Å². The minimum atomic E-state index is -3.89. The molecule has 156 valence electrons. The summed E-state index contributed by atoms with van der Waals surface area (Å²) in [6.45, 7) is 1.92. The van der Waals surface area contributed by atoms with Crippen LogP contribution in [0, 0.1) is 12.7 Å². The molecule has 0 saturated carbocycles. The maximum Gasteiger partial charge on any atom is 0.262 e. The number of sulfonamides is 1. The van der Waals surface area contributed by atoms with Crippen LogP contribution in [0.4, 0.5) is 15.9 Å². The number of nitrogens with one attached hydrogen (secondary N) is 1. The first kappa shape index (κ1) is 20.5. The molecular weight excluding hydrogens is 415 g/mol. The fraction of sp³-hybridized carbons (Fsp3) is 0.0435. The number of hydrogen-bond donors (Lipinski definition) is 2. The van der Waals surface area contributed by atoms with Crippen molar-refractivity contribution in [2.24, 2.45) is 0 Å². The summed E-state index contributed by atoms with van der Waals surface area (Å²) < 4.78 is 43.6. The topological polar surface area (TPSA) is 98.0 Å². The van der Waals surface area contributed by atoms with Crippen molar-refractivity contribution >= 4 is 21.5 Å². The molecule has 0 aliphatic heterocycles. The summed E-state index contributed by atoms with van der Waals surface area (Å²) in [5.74, 6) is -0.309. The molecule has 0 unspecified atom stereocenters. The van der Waals surface area contributed by atoms with Crippen LogP contribution in [0.25, 0.3) is 22.4 Å². The van der Waals surface area contributed by atoms with Crippen molar-refractivity contribution in [2.45, 2.75) is 11.8 Å². The highest BCUT2D eigenvalue weighted by molar-refractivity contribution is 7.92. The zero-order chi connectivity index (χ0) is 22.0. The number of halogens is 1. The van der Waals surface area contributed by atoms with E-state index in [1.165, 1.54) is 24.5 Å². The first-order valence-corrected chi connectivity index (χ1v) is 10.9. The summed E-state index contributed by atoms with van der Waals surface area (Å²) in [5, 5.41) is 0. The van der Waals surface area contributed by atoms with E-state index in [-0.39, 0.29) is 16.3 Å². The van der Waals surface area contributed by atoms with Gasteiger partial charge in [-0.3, -0.25) is 9.71 Å². The van der Waals surface area contributed by atoms with E-state index in [0.717, 1.165) is 5.56 Å². The summed E-state index contributed by atoms with van der Waals surface area (Å²) in [6.07, 6.45) is 2.73. The molecule has 0 spiro atoms. The second-order valence-electron chi connectivity index (χ2n) is 6.99. The van der Waals surface area contributed by atoms with Crippen LogP contribution in [0.15, 0.2) is 84.0 Å². The molecule has 3 aromatic carbocycles. The average molecular weight is 434 g/mol. The minimum Gasteiger partial charge on any atom is -0.382 e. The molecule has 0 aliphatic rings. The predicted molar refractivity (Wildman–Crippen MR) is 119 cm³/mol. The number of rotatable bonds is 5. The van der Waals surface area contributed by atoms with E-state index >= 15 is 0 Å². The lowest BCUT2D eigenvalue weighted by Crippen LogP contribution is -2.14. The number of aryl methyl sites for hydroxylation is 1. The molecule has 0 atom stereocenters. The molecule has 0 amide bonds. The normalized spacial score (nSPS) is 11.3. The van der Waals surface area contributed by atoms with E-state index in [1.54, 1.807) is 42.5 Å². The predicted octanol–water partition coefficient (Wildman–Crippen LogP) is 4.64. The highest BCUT2D eigenvalue weighted by atomic mass is 32.2. The molecule has 0 aliphatic carbocycles. The standard InChI is InChI=1S/C23H19FN4O2S/c1-15-6-9-17(10-7-15)28-31(29,30)22-5-3-2-4-18(22)16-8-11-19(20(24)12-16)21-13-27-23(25)14-26-21/h2-14,28H,1H3,(H2,25,27). The molecule has 6 nitrogen and oxygen atoms in total. The largest absolute Gasteiger partial charge is 0.382 e. The summed E-state index contributed by atoms with van der Waals surface area (Å²) in [6, 6.07) is 18.0. The third-order valence-corrected chi connectivity index (χ3v) is 6.15. The number of anilines is 2. The maximum atomic E-state index is 14.9. The maximum absolute atomic E-state index is 14.9. The molecule has 1 heterocycles. The van der Waals surface area contributed by atoms with E-state index in [1.807, 2.05) is 19.1 Å². The van der Waals surface area contributed by atoms with Gasteiger partial charge >= 0.3 is 0 Å². The fourth-order valence-electron chi connectivity index (χ4n) is 3.14. The summed E-state index contributed by atoms with van der Waals surface area (Å²) >= 11 is 0. The number of nitrogens with two attached hydrogens (primary N) is 1. The smallest absolute Gasteiger partial charge is 0.262 e. The summed E-state index contributed by atoms with van der Waals surface area (Å²) in [5.41, 5.74) is 8.39. The highest BCUT2D eigenvalue weighted by Crippen LogP contribution is 2.32. The van der Waals surface area contributed by atoms with Gasteiger partial charge in [0.25, 0.3) is 10.0 Å². The Hall–Kier alpha value is -3.78. The van der Waals surface area contributed by atoms with Crippen molar-refractivity contribution in [3.63, 3.8) is 0 Å². The lowest BCUT2D eigenvalue weighted by molar-refractivity contribution is 0.601. The first-order valence-electron chi connectivity index (χ1n) is 9.40. The molecule has 4 aromatic rings. The molecule has 0 saturated heterocycles. The molecule has 0 radical (unpaired) electrons. The number of hydrogen-bond acceptors (Lipinski definition) is 5. The fourth-order valence-corrected chi connectivity index (χ4v) is 4.43. The van der Waals surface area contributed by atoms with Crippen LogP contribution < -0.4 is 10.5 Å². The lowest BCUT2D eigenvalue weighted by Gasteiger charge is -2.13. The van der Waals surface area contributed by atoms with Gasteiger partial charge in [0.2, 0.25) is 0 Å². The van der Waals surface area contributed by atoms with Gasteiger partial charge in [-0.2, -0.15) is 0 Å². The first-order chi connectivity index (χ1) is 14.8. The Bertz CT molecular complexity index is 1340. The van der Waals surface area contributed by atoms with Crippen molar-refractivity contribution in [3.05, 3.63) is 90.5 Å². The quantitative estimate of drug-likeness (QED) is 0.477. The van der Waals surface area contributed by atoms with Crippen molar-refractivity contribution < 1.29 is 12.8 Å². The molecule has 1 aromatic heterocycles. The number of benzene rings is 3. The van der Waals surface area contributed by atoms with Crippen LogP contribution in [-0.2, 0) is 10.0 Å². The third kappa shape index (κ3) is 4.39. The van der Waals surface area contributed by atoms with Crippen LogP contribution >= 0.6 is 0 Å². The Labute approximate surface area is 179 Å². The van der Waals surface area contributed by atoms with Crippen LogP contribution in [0.3, 0.4) is 0 Å². The highest BCUT2D eigenvalue weighted by Gasteiger charge is 2.20. The molecule has 0 bridgehead atoms. The van der Waals surface area contributed by atoms with Gasteiger partial charge in [0.05, 0.1) is 23.0 Å². The van der Waals surface area contributed by atoms with E-state index in [4.69, 9.17) is 5.73 Å². The molecule has 3 N–H and O–H groups in total. The van der Waals surface area contributed by atoms with Crippen LogP contribution in [0.1, 0.15) is 5.56 Å². The third-order valence-electron chi connectivity index (χ3n) is 4.71. The lowest BCUT2D eigenvalue weighted by atomic mass is 10.0. The molecule has 4 rings (SSSR count). The molecule has 8 heteroatoms. The van der Waals surface area contributed by atoms with Crippen molar-refractivity contribution in [3.8, 4) is 22.4 Å². The van der Waals surface area contributed by atoms with Crippen molar-refractivity contribution in [2.75, 3.05) is 10.5 Å². The van der Waals surface area contributed by atoms with Gasteiger partial charge in [-0.05, 0) is 42.8 Å². The van der Waals surface area contributed by atoms with E-state index < -0.39 is 15.8 Å². The van der Waals surface area contributed by atoms with Gasteiger partial charge in [-0.1, -0.05) is 42.0 Å². The number of aromatic nitrogens is 2. The Morgan fingerprint density at radius 3 is 2.32 bits per heavy atom. The zero-order valence-corrected chi connectivity index (χ0v) is 17.4. The Morgan fingerprint density at radius 1 is 0.903 bits per heavy atom. The van der Waals surface area contributed by atoms with Crippen LogP contribution in [0.5, 0.6) is 0 Å². The average Bonchev–Trinajstić information content (AvgIpc) is 2.76. The SMILES string of the molecule is Cc1ccc(NS(=O)(=O)c2ccccc2-c2ccc(-c3cnc(N)cn3)c(F)c2)cc1. The van der Waals surface area contributed by atoms with Gasteiger partial charge in [0.15, 0.2) is 0 Å². The second kappa shape index (κ2) is 8.16. The van der Waals surface area contributed by atoms with Gasteiger partial charge in [-0.15, -0.1) is 0 Å². The van der Waals surface area contributed by atoms with E-state index in [2.05, 4.69) is 14.7 Å². The zero-order valence-electron chi connectivity index (χ0n) is 16.6. The Morgan fingerprint density at radius 2 is 1.65 bits per heavy atom. The van der Waals surface area contributed by atoms with Gasteiger partial charge in [0.1, 0.15) is 11.6 Å². The van der Waals surface area contributed by atoms with Crippen molar-refractivity contribution in [1.29, 1.82) is 0 Å². The molecular formula is C23H19FN4O2S.